The molecule has 1 aliphatic carbocycles. The van der Waals surface area contributed by atoms with E-state index in [-0.39, 0.29) is 0 Å². The summed E-state index contributed by atoms with van der Waals surface area (Å²) in [5, 5.41) is 3.65. The summed E-state index contributed by atoms with van der Waals surface area (Å²) >= 11 is 0. The zero-order valence-electron chi connectivity index (χ0n) is 13.8. The Morgan fingerprint density at radius 2 is 2.05 bits per heavy atom. The van der Waals surface area contributed by atoms with Crippen LogP contribution in [0, 0.1) is 11.8 Å². The van der Waals surface area contributed by atoms with Gasteiger partial charge in [-0.3, -0.25) is 4.98 Å². The summed E-state index contributed by atoms with van der Waals surface area (Å²) in [6.45, 7) is 5.44. The lowest BCUT2D eigenvalue weighted by atomic mass is 9.76. The molecule has 0 aliphatic heterocycles. The van der Waals surface area contributed by atoms with E-state index in [1.165, 1.54) is 38.5 Å². The number of hydrogen-bond acceptors (Lipinski definition) is 3. The van der Waals surface area contributed by atoms with E-state index in [9.17, 15) is 0 Å². The first-order chi connectivity index (χ1) is 10.3. The van der Waals surface area contributed by atoms with Gasteiger partial charge in [-0.1, -0.05) is 39.5 Å². The molecule has 3 nitrogen and oxygen atoms in total. The minimum atomic E-state index is 0.328. The standard InChI is InChI=1S/C18H30N2O/c1-4-7-14-9-11-15(12-10-14)17(19-5-2)18-16(21-3)8-6-13-20-18/h6,8,13-15,17,19H,4-5,7,9-12H2,1-3H3. The Balaban J connectivity index is 2.09. The quantitative estimate of drug-likeness (QED) is 0.810. The summed E-state index contributed by atoms with van der Waals surface area (Å²) in [6, 6.07) is 4.30. The molecule has 1 atom stereocenters. The second-order valence-corrected chi connectivity index (χ2v) is 6.20. The third-order valence-electron chi connectivity index (χ3n) is 4.80. The molecule has 0 amide bonds. The maximum absolute atomic E-state index is 5.52. The topological polar surface area (TPSA) is 34.2 Å². The maximum atomic E-state index is 5.52. The van der Waals surface area contributed by atoms with E-state index in [2.05, 4.69) is 24.1 Å². The molecule has 1 unspecified atom stereocenters. The SMILES string of the molecule is CCCC1CCC(C(NCC)c2ncccc2OC)CC1. The highest BCUT2D eigenvalue weighted by atomic mass is 16.5. The van der Waals surface area contributed by atoms with E-state index < -0.39 is 0 Å². The molecule has 0 spiro atoms. The zero-order valence-corrected chi connectivity index (χ0v) is 13.8. The van der Waals surface area contributed by atoms with Crippen molar-refractivity contribution in [3.8, 4) is 5.75 Å². The minimum Gasteiger partial charge on any atom is -0.495 e. The summed E-state index contributed by atoms with van der Waals surface area (Å²) in [4.78, 5) is 4.61. The summed E-state index contributed by atoms with van der Waals surface area (Å²) < 4.78 is 5.52. The molecule has 0 aromatic carbocycles. The molecule has 1 saturated carbocycles. The van der Waals surface area contributed by atoms with Gasteiger partial charge in [0, 0.05) is 6.20 Å². The van der Waals surface area contributed by atoms with Gasteiger partial charge in [0.2, 0.25) is 0 Å². The molecule has 0 saturated heterocycles. The first kappa shape index (κ1) is 16.3. The van der Waals surface area contributed by atoms with Crippen LogP contribution in [0.4, 0.5) is 0 Å². The number of nitrogens with one attached hydrogen (secondary N) is 1. The molecule has 1 N–H and O–H groups in total. The van der Waals surface area contributed by atoms with Gasteiger partial charge >= 0.3 is 0 Å². The Morgan fingerprint density at radius 3 is 2.67 bits per heavy atom. The molecule has 21 heavy (non-hydrogen) atoms. The Kier molecular flexibility index (Phi) is 6.50. The monoisotopic (exact) mass is 290 g/mol. The van der Waals surface area contributed by atoms with Crippen molar-refractivity contribution in [1.82, 2.24) is 10.3 Å². The Bertz CT molecular complexity index is 413. The van der Waals surface area contributed by atoms with Crippen molar-refractivity contribution in [2.45, 2.75) is 58.4 Å². The number of hydrogen-bond donors (Lipinski definition) is 1. The first-order valence-corrected chi connectivity index (χ1v) is 8.52. The van der Waals surface area contributed by atoms with E-state index in [1.807, 2.05) is 18.3 Å². The number of pyridine rings is 1. The van der Waals surface area contributed by atoms with Crippen molar-refractivity contribution in [2.24, 2.45) is 11.8 Å². The van der Waals surface area contributed by atoms with E-state index >= 15 is 0 Å². The van der Waals surface area contributed by atoms with Crippen LogP contribution >= 0.6 is 0 Å². The lowest BCUT2D eigenvalue weighted by Gasteiger charge is -2.34. The normalized spacial score (nSPS) is 23.8. The van der Waals surface area contributed by atoms with Crippen molar-refractivity contribution < 1.29 is 4.74 Å². The fourth-order valence-corrected chi connectivity index (χ4v) is 3.73. The molecule has 0 bridgehead atoms. The molecule has 118 valence electrons. The third-order valence-corrected chi connectivity index (χ3v) is 4.80. The van der Waals surface area contributed by atoms with Crippen LogP contribution in [0.1, 0.15) is 64.1 Å². The van der Waals surface area contributed by atoms with E-state index in [0.717, 1.165) is 23.9 Å². The Morgan fingerprint density at radius 1 is 1.29 bits per heavy atom. The van der Waals surface area contributed by atoms with Gasteiger partial charge in [-0.25, -0.2) is 0 Å². The van der Waals surface area contributed by atoms with Crippen molar-refractivity contribution in [3.63, 3.8) is 0 Å². The number of nitrogens with zero attached hydrogens (tertiary/aromatic N) is 1. The van der Waals surface area contributed by atoms with Gasteiger partial charge in [0.1, 0.15) is 5.75 Å². The van der Waals surface area contributed by atoms with Crippen LogP contribution in [0.3, 0.4) is 0 Å². The van der Waals surface area contributed by atoms with E-state index in [0.29, 0.717) is 12.0 Å². The van der Waals surface area contributed by atoms with Crippen molar-refractivity contribution >= 4 is 0 Å². The second kappa shape index (κ2) is 8.38. The average molecular weight is 290 g/mol. The number of ether oxygens (including phenoxy) is 1. The highest BCUT2D eigenvalue weighted by Crippen LogP contribution is 2.39. The van der Waals surface area contributed by atoms with Gasteiger partial charge < -0.3 is 10.1 Å². The average Bonchev–Trinajstić information content (AvgIpc) is 2.54. The molecule has 1 fully saturated rings. The fourth-order valence-electron chi connectivity index (χ4n) is 3.73. The molecular weight excluding hydrogens is 260 g/mol. The highest BCUT2D eigenvalue weighted by molar-refractivity contribution is 5.30. The van der Waals surface area contributed by atoms with Crippen LogP contribution in [0.2, 0.25) is 0 Å². The highest BCUT2D eigenvalue weighted by Gasteiger charge is 2.30. The second-order valence-electron chi connectivity index (χ2n) is 6.20. The first-order valence-electron chi connectivity index (χ1n) is 8.52. The van der Waals surface area contributed by atoms with Gasteiger partial charge in [0.25, 0.3) is 0 Å². The van der Waals surface area contributed by atoms with Crippen LogP contribution in [0.5, 0.6) is 5.75 Å². The Labute approximate surface area is 129 Å². The van der Waals surface area contributed by atoms with Crippen molar-refractivity contribution in [3.05, 3.63) is 24.0 Å². The van der Waals surface area contributed by atoms with Crippen LogP contribution in [0.25, 0.3) is 0 Å². The summed E-state index contributed by atoms with van der Waals surface area (Å²) in [6.07, 6.45) is 9.95. The molecule has 1 aromatic rings. The molecule has 1 aliphatic rings. The fraction of sp³-hybridized carbons (Fsp3) is 0.722. The van der Waals surface area contributed by atoms with E-state index in [4.69, 9.17) is 4.74 Å². The van der Waals surface area contributed by atoms with E-state index in [1.54, 1.807) is 7.11 Å². The number of aromatic nitrogens is 1. The third kappa shape index (κ3) is 4.19. The van der Waals surface area contributed by atoms with Gasteiger partial charge in [0.15, 0.2) is 0 Å². The molecule has 3 heteroatoms. The predicted molar refractivity (Wildman–Crippen MR) is 87.6 cm³/mol. The molecule has 1 aromatic heterocycles. The number of rotatable bonds is 7. The largest absolute Gasteiger partial charge is 0.495 e. The van der Waals surface area contributed by atoms with Crippen LogP contribution in [-0.2, 0) is 0 Å². The number of methoxy groups -OCH3 is 1. The van der Waals surface area contributed by atoms with Gasteiger partial charge in [-0.15, -0.1) is 0 Å². The van der Waals surface area contributed by atoms with Crippen LogP contribution < -0.4 is 10.1 Å². The maximum Gasteiger partial charge on any atom is 0.141 e. The summed E-state index contributed by atoms with van der Waals surface area (Å²) in [7, 11) is 1.74. The summed E-state index contributed by atoms with van der Waals surface area (Å²) in [5.41, 5.74) is 1.08. The smallest absolute Gasteiger partial charge is 0.141 e. The van der Waals surface area contributed by atoms with Gasteiger partial charge in [0.05, 0.1) is 18.8 Å². The van der Waals surface area contributed by atoms with Crippen molar-refractivity contribution in [2.75, 3.05) is 13.7 Å². The molecule has 0 radical (unpaired) electrons. The van der Waals surface area contributed by atoms with Crippen molar-refractivity contribution in [1.29, 1.82) is 0 Å². The lowest BCUT2D eigenvalue weighted by Crippen LogP contribution is -2.32. The Hall–Kier alpha value is -1.09. The zero-order chi connectivity index (χ0) is 15.1. The summed E-state index contributed by atoms with van der Waals surface area (Å²) in [5.74, 6) is 2.54. The molecular formula is C18H30N2O. The molecule has 2 rings (SSSR count). The van der Waals surface area contributed by atoms with Gasteiger partial charge in [-0.05, 0) is 43.4 Å². The van der Waals surface area contributed by atoms with Crippen LogP contribution in [-0.4, -0.2) is 18.6 Å². The van der Waals surface area contributed by atoms with Crippen LogP contribution in [0.15, 0.2) is 18.3 Å². The minimum absolute atomic E-state index is 0.328. The van der Waals surface area contributed by atoms with Gasteiger partial charge in [-0.2, -0.15) is 0 Å². The predicted octanol–water partition coefficient (Wildman–Crippen LogP) is 4.35. The lowest BCUT2D eigenvalue weighted by molar-refractivity contribution is 0.210. The molecule has 1 heterocycles.